The number of nitrogens with zero attached hydrogens (tertiary/aromatic N) is 4. The van der Waals surface area contributed by atoms with Gasteiger partial charge in [-0.15, -0.1) is 6.07 Å². The molecule has 34 heavy (non-hydrogen) atoms. The number of aromatic nitrogens is 4. The zero-order valence-corrected chi connectivity index (χ0v) is 18.7. The molecule has 13 heteroatoms. The van der Waals surface area contributed by atoms with E-state index in [1.165, 1.54) is 0 Å². The van der Waals surface area contributed by atoms with Gasteiger partial charge in [-0.05, 0) is 23.9 Å². The van der Waals surface area contributed by atoms with Gasteiger partial charge in [0, 0.05) is 23.8 Å². The van der Waals surface area contributed by atoms with E-state index in [4.69, 9.17) is 0 Å². The Labute approximate surface area is 201 Å². The first kappa shape index (κ1) is 27.1. The second-order valence-electron chi connectivity index (χ2n) is 6.26. The molecule has 4 nitrogen and oxygen atoms in total. The smallest absolute Gasteiger partial charge is 0.571 e. The van der Waals surface area contributed by atoms with Crippen LogP contribution in [0.4, 0.5) is 35.1 Å². The topological polar surface area (TPSA) is 52.8 Å². The monoisotopic (exact) mass is 665 g/mol. The zero-order chi connectivity index (χ0) is 24.2. The summed E-state index contributed by atoms with van der Waals surface area (Å²) in [4.78, 5) is 8.12. The van der Waals surface area contributed by atoms with Crippen LogP contribution in [0.5, 0.6) is 0 Å². The van der Waals surface area contributed by atoms with Crippen LogP contribution in [0.15, 0.2) is 60.9 Å². The molecule has 180 valence electrons. The Morgan fingerprint density at radius 1 is 0.706 bits per heavy atom. The molecule has 3 aromatic heterocycles. The van der Waals surface area contributed by atoms with Crippen molar-refractivity contribution in [3.8, 4) is 22.5 Å². The molecule has 0 aliphatic carbocycles. The quantitative estimate of drug-likeness (QED) is 0.196. The summed E-state index contributed by atoms with van der Waals surface area (Å²) in [5.41, 5.74) is -2.20. The van der Waals surface area contributed by atoms with E-state index in [-0.39, 0.29) is 38.3 Å². The molecule has 1 aromatic carbocycles. The van der Waals surface area contributed by atoms with E-state index < -0.39 is 35.4 Å². The Morgan fingerprint density at radius 2 is 1.21 bits per heavy atom. The Bertz CT molecular complexity index is 1120. The molecule has 0 aliphatic heterocycles. The van der Waals surface area contributed by atoms with Gasteiger partial charge < -0.3 is 10.2 Å². The maximum Gasteiger partial charge on any atom is 2.00 e. The van der Waals surface area contributed by atoms with Crippen molar-refractivity contribution in [2.75, 3.05) is 0 Å². The molecule has 3 heterocycles. The molecule has 0 radical (unpaired) electrons. The summed E-state index contributed by atoms with van der Waals surface area (Å²) < 4.78 is 98.1. The van der Waals surface area contributed by atoms with Crippen LogP contribution in [-0.4, -0.2) is 15.1 Å². The molecule has 0 bridgehead atoms. The molecular weight excluding hydrogens is 655 g/mol. The fraction of sp³-hybridized carbons (Fsp3) is 0.0952. The number of rotatable bonds is 2. The van der Waals surface area contributed by atoms with Crippen molar-refractivity contribution >= 4 is 0 Å². The standard InChI is InChI=1S/C16H9F2N2.C5HF6N2.Pt/c17-13-10-14(18)12(16-6-2-4-8-20-16)9-11(13)15-5-1-3-7-19-15;6-4(7,8)2-1-3(13-12-2)5(9,10)11;/h1-8,10H;1H;/q2*-1;+2. The van der Waals surface area contributed by atoms with Crippen molar-refractivity contribution in [1.29, 1.82) is 0 Å². The normalized spacial score (nSPS) is 11.3. The second-order valence-corrected chi connectivity index (χ2v) is 6.26. The summed E-state index contributed by atoms with van der Waals surface area (Å²) in [6.45, 7) is 0. The van der Waals surface area contributed by atoms with Gasteiger partial charge in [0.1, 0.15) is 5.69 Å². The average Bonchev–Trinajstić information content (AvgIpc) is 3.27. The van der Waals surface area contributed by atoms with Crippen molar-refractivity contribution in [3.63, 3.8) is 0 Å². The Kier molecular flexibility index (Phi) is 8.66. The van der Waals surface area contributed by atoms with Gasteiger partial charge in [0.15, 0.2) is 0 Å². The first-order valence-corrected chi connectivity index (χ1v) is 8.85. The van der Waals surface area contributed by atoms with Crippen molar-refractivity contribution in [2.24, 2.45) is 0 Å². The minimum Gasteiger partial charge on any atom is -0.571 e. The number of hydrogen-bond acceptors (Lipinski definition) is 3. The van der Waals surface area contributed by atoms with E-state index in [9.17, 15) is 35.1 Å². The third kappa shape index (κ3) is 6.69. The van der Waals surface area contributed by atoms with Crippen molar-refractivity contribution in [2.45, 2.75) is 12.4 Å². The number of benzene rings is 1. The van der Waals surface area contributed by atoms with E-state index >= 15 is 0 Å². The fourth-order valence-corrected chi connectivity index (χ4v) is 2.47. The van der Waals surface area contributed by atoms with Crippen molar-refractivity contribution in [1.82, 2.24) is 20.2 Å². The van der Waals surface area contributed by atoms with Gasteiger partial charge in [0.2, 0.25) is 0 Å². The minimum absolute atomic E-state index is 0. The molecule has 0 spiro atoms. The largest absolute Gasteiger partial charge is 2.00 e. The molecule has 0 amide bonds. The molecule has 4 aromatic rings. The van der Waals surface area contributed by atoms with Gasteiger partial charge in [-0.2, -0.15) is 26.3 Å². The fourth-order valence-electron chi connectivity index (χ4n) is 2.47. The molecule has 0 fully saturated rings. The van der Waals surface area contributed by atoms with Gasteiger partial charge in [-0.25, -0.2) is 0 Å². The summed E-state index contributed by atoms with van der Waals surface area (Å²) >= 11 is 0. The first-order chi connectivity index (χ1) is 15.5. The maximum absolute atomic E-state index is 13.9. The maximum atomic E-state index is 13.9. The van der Waals surface area contributed by atoms with Crippen LogP contribution in [0.25, 0.3) is 22.5 Å². The summed E-state index contributed by atoms with van der Waals surface area (Å²) in [5, 5.41) is 4.72. The second kappa shape index (κ2) is 10.9. The zero-order valence-electron chi connectivity index (χ0n) is 16.4. The molecule has 4 rings (SSSR count). The third-order valence-electron chi connectivity index (χ3n) is 3.94. The minimum atomic E-state index is -4.89. The molecule has 0 unspecified atom stereocenters. The number of hydrogen-bond donors (Lipinski definition) is 0. The number of alkyl halides is 6. The van der Waals surface area contributed by atoms with E-state index in [0.717, 1.165) is 6.07 Å². The van der Waals surface area contributed by atoms with E-state index in [2.05, 4.69) is 26.2 Å². The van der Waals surface area contributed by atoms with Gasteiger partial charge in [0.25, 0.3) is 0 Å². The molecule has 0 saturated heterocycles. The van der Waals surface area contributed by atoms with Gasteiger partial charge in [-0.1, -0.05) is 41.5 Å². The number of halogens is 8. The Hall–Kier alpha value is -3.14. The van der Waals surface area contributed by atoms with Crippen LogP contribution < -0.4 is 5.10 Å². The molecule has 0 saturated carbocycles. The summed E-state index contributed by atoms with van der Waals surface area (Å²) in [6.07, 6.45) is -6.69. The molecule has 0 atom stereocenters. The first-order valence-electron chi connectivity index (χ1n) is 8.85. The van der Waals surface area contributed by atoms with Crippen molar-refractivity contribution in [3.05, 3.63) is 90.0 Å². The van der Waals surface area contributed by atoms with Crippen molar-refractivity contribution < 1.29 is 56.2 Å². The van der Waals surface area contributed by atoms with Gasteiger partial charge >= 0.3 is 33.4 Å². The average molecular weight is 665 g/mol. The third-order valence-corrected chi connectivity index (χ3v) is 3.94. The summed E-state index contributed by atoms with van der Waals surface area (Å²) in [7, 11) is 0. The molecular formula is C21H10F8N4Pt. The van der Waals surface area contributed by atoms with Crippen LogP contribution in [0.1, 0.15) is 11.4 Å². The van der Waals surface area contributed by atoms with Crippen LogP contribution in [0, 0.1) is 17.7 Å². The molecule has 0 aliphatic rings. The summed E-state index contributed by atoms with van der Waals surface area (Å²) in [6, 6.07) is 13.7. The predicted octanol–water partition coefficient (Wildman–Crippen LogP) is 5.96. The van der Waals surface area contributed by atoms with Gasteiger partial charge in [0.05, 0.1) is 11.6 Å². The Morgan fingerprint density at radius 3 is 1.53 bits per heavy atom. The van der Waals surface area contributed by atoms with Crippen LogP contribution >= 0.6 is 0 Å². The van der Waals surface area contributed by atoms with E-state index in [0.29, 0.717) is 11.4 Å². The summed E-state index contributed by atoms with van der Waals surface area (Å²) in [5.74, 6) is -1.39. The SMILES string of the molecule is FC(F)(F)c1cc(C(F)(F)F)[n-]n1.Fc1cc(F)c(-c2ccccn2)[c-]c1-c1ccccn1.[Pt+2]. The predicted molar refractivity (Wildman–Crippen MR) is 99.2 cm³/mol. The van der Waals surface area contributed by atoms with Crippen LogP contribution in [-0.2, 0) is 33.4 Å². The van der Waals surface area contributed by atoms with Gasteiger partial charge in [-0.3, -0.25) is 18.7 Å². The van der Waals surface area contributed by atoms with Crippen LogP contribution in [0.3, 0.4) is 0 Å². The van der Waals surface area contributed by atoms with E-state index in [1.54, 1.807) is 48.8 Å². The van der Waals surface area contributed by atoms with E-state index in [1.807, 2.05) is 0 Å². The number of pyridine rings is 2. The molecule has 0 N–H and O–H groups in total. The van der Waals surface area contributed by atoms with Crippen LogP contribution in [0.2, 0.25) is 0 Å². The Balaban J connectivity index is 0.000000256.